The summed E-state index contributed by atoms with van der Waals surface area (Å²) in [5.41, 5.74) is 1.35. The lowest BCUT2D eigenvalue weighted by Gasteiger charge is -2.39. The van der Waals surface area contributed by atoms with Gasteiger partial charge in [-0.2, -0.15) is 0 Å². The van der Waals surface area contributed by atoms with E-state index in [4.69, 9.17) is 9.73 Å². The van der Waals surface area contributed by atoms with Crippen molar-refractivity contribution >= 4 is 29.9 Å². The quantitative estimate of drug-likeness (QED) is 0.332. The normalized spacial score (nSPS) is 21.8. The molecular weight excluding hydrogens is 463 g/mol. The van der Waals surface area contributed by atoms with Gasteiger partial charge >= 0.3 is 0 Å². The molecule has 0 aliphatic carbocycles. The van der Waals surface area contributed by atoms with E-state index in [1.165, 1.54) is 18.4 Å². The largest absolute Gasteiger partial charge is 0.497 e. The summed E-state index contributed by atoms with van der Waals surface area (Å²) in [5.74, 6) is 2.93. The summed E-state index contributed by atoms with van der Waals surface area (Å²) in [7, 11) is 3.95. The number of rotatable bonds is 7. The number of guanidine groups is 1. The number of aliphatic imine (C=N–C) groups is 1. The van der Waals surface area contributed by atoms with Crippen LogP contribution in [0.15, 0.2) is 29.3 Å². The molecule has 0 saturated carbocycles. The van der Waals surface area contributed by atoms with Crippen LogP contribution < -0.4 is 15.4 Å². The Labute approximate surface area is 188 Å². The Bertz CT molecular complexity index is 591. The first-order chi connectivity index (χ1) is 13.0. The molecule has 1 heterocycles. The van der Waals surface area contributed by atoms with Crippen LogP contribution in [-0.2, 0) is 0 Å². The number of halogens is 1. The van der Waals surface area contributed by atoms with Gasteiger partial charge in [0.25, 0.3) is 0 Å². The third-order valence-corrected chi connectivity index (χ3v) is 5.66. The molecule has 28 heavy (non-hydrogen) atoms. The van der Waals surface area contributed by atoms with Gasteiger partial charge in [-0.3, -0.25) is 9.89 Å². The van der Waals surface area contributed by atoms with Crippen molar-refractivity contribution in [1.29, 1.82) is 0 Å². The topological polar surface area (TPSA) is 48.9 Å². The van der Waals surface area contributed by atoms with Crippen LogP contribution in [0, 0.1) is 11.8 Å². The third-order valence-electron chi connectivity index (χ3n) is 5.66. The number of nitrogens with one attached hydrogen (secondary N) is 2. The van der Waals surface area contributed by atoms with Crippen LogP contribution in [0.3, 0.4) is 0 Å². The zero-order valence-corrected chi connectivity index (χ0v) is 20.7. The lowest BCUT2D eigenvalue weighted by Crippen LogP contribution is -2.45. The molecule has 2 N–H and O–H groups in total. The van der Waals surface area contributed by atoms with Gasteiger partial charge in [0, 0.05) is 25.2 Å². The molecule has 0 spiro atoms. The average Bonchev–Trinajstić information content (AvgIpc) is 2.66. The summed E-state index contributed by atoms with van der Waals surface area (Å²) in [5, 5.41) is 6.94. The van der Waals surface area contributed by atoms with Crippen molar-refractivity contribution in [2.75, 3.05) is 33.8 Å². The Balaban J connectivity index is 0.00000392. The maximum absolute atomic E-state index is 5.32. The lowest BCUT2D eigenvalue weighted by atomic mass is 9.85. The highest BCUT2D eigenvalue weighted by Crippen LogP contribution is 2.35. The van der Waals surface area contributed by atoms with Crippen LogP contribution in [0.25, 0.3) is 0 Å². The Hall–Kier alpha value is -1.02. The van der Waals surface area contributed by atoms with Gasteiger partial charge < -0.3 is 15.4 Å². The van der Waals surface area contributed by atoms with Gasteiger partial charge in [0.05, 0.1) is 7.11 Å². The van der Waals surface area contributed by atoms with Crippen LogP contribution in [0.2, 0.25) is 0 Å². The third kappa shape index (κ3) is 7.10. The fourth-order valence-electron chi connectivity index (χ4n) is 3.69. The fourth-order valence-corrected chi connectivity index (χ4v) is 3.69. The van der Waals surface area contributed by atoms with E-state index in [1.54, 1.807) is 7.11 Å². The zero-order chi connectivity index (χ0) is 19.8. The number of methoxy groups -OCH3 is 1. The standard InChI is InChI=1S/C22H38N4O.HI/c1-7-23-22(25-17(4)16(2)3)24-15-19-9-8-14-26(5)21(19)18-10-12-20(27-6)13-11-18;/h10-13,16-17,19,21H,7-9,14-15H2,1-6H3,(H2,23,24,25);1H. The van der Waals surface area contributed by atoms with Crippen molar-refractivity contribution < 1.29 is 4.74 Å². The molecule has 2 rings (SSSR count). The van der Waals surface area contributed by atoms with E-state index in [0.717, 1.165) is 31.3 Å². The van der Waals surface area contributed by atoms with Crippen molar-refractivity contribution in [3.05, 3.63) is 29.8 Å². The molecular formula is C22H39IN4O. The van der Waals surface area contributed by atoms with Gasteiger partial charge in [-0.05, 0) is 69.8 Å². The number of benzene rings is 1. The predicted octanol–water partition coefficient (Wildman–Crippen LogP) is 4.30. The van der Waals surface area contributed by atoms with Gasteiger partial charge in [-0.25, -0.2) is 0 Å². The number of piperidine rings is 1. The summed E-state index contributed by atoms with van der Waals surface area (Å²) in [6, 6.07) is 9.33. The maximum Gasteiger partial charge on any atom is 0.191 e. The SMILES string of the molecule is CCNC(=NCC1CCCN(C)C1c1ccc(OC)cc1)NC(C)C(C)C.I. The van der Waals surface area contributed by atoms with Crippen molar-refractivity contribution in [3.8, 4) is 5.75 Å². The van der Waals surface area contributed by atoms with Gasteiger partial charge in [0.15, 0.2) is 5.96 Å². The van der Waals surface area contributed by atoms with E-state index < -0.39 is 0 Å². The highest BCUT2D eigenvalue weighted by molar-refractivity contribution is 14.0. The molecule has 3 unspecified atom stereocenters. The Morgan fingerprint density at radius 2 is 1.93 bits per heavy atom. The van der Waals surface area contributed by atoms with Gasteiger partial charge in [0.1, 0.15) is 5.75 Å². The van der Waals surface area contributed by atoms with Crippen molar-refractivity contribution in [3.63, 3.8) is 0 Å². The predicted molar refractivity (Wildman–Crippen MR) is 130 cm³/mol. The minimum atomic E-state index is 0. The number of likely N-dealkylation sites (tertiary alicyclic amines) is 1. The van der Waals surface area contributed by atoms with Crippen molar-refractivity contribution in [1.82, 2.24) is 15.5 Å². The fraction of sp³-hybridized carbons (Fsp3) is 0.682. The van der Waals surface area contributed by atoms with E-state index in [2.05, 4.69) is 74.5 Å². The second kappa shape index (κ2) is 12.5. The molecule has 6 heteroatoms. The molecule has 1 fully saturated rings. The Morgan fingerprint density at radius 1 is 1.25 bits per heavy atom. The Morgan fingerprint density at radius 3 is 2.50 bits per heavy atom. The van der Waals surface area contributed by atoms with E-state index in [9.17, 15) is 0 Å². The number of hydrogen-bond acceptors (Lipinski definition) is 3. The summed E-state index contributed by atoms with van der Waals surface area (Å²) in [6.45, 7) is 11.6. The van der Waals surface area contributed by atoms with Crippen LogP contribution in [-0.4, -0.2) is 50.7 Å². The maximum atomic E-state index is 5.32. The summed E-state index contributed by atoms with van der Waals surface area (Å²) in [4.78, 5) is 7.42. The van der Waals surface area contributed by atoms with Crippen LogP contribution in [0.1, 0.15) is 52.1 Å². The summed E-state index contributed by atoms with van der Waals surface area (Å²) in [6.07, 6.45) is 2.44. The summed E-state index contributed by atoms with van der Waals surface area (Å²) < 4.78 is 5.32. The molecule has 160 valence electrons. The smallest absolute Gasteiger partial charge is 0.191 e. The van der Waals surface area contributed by atoms with Crippen molar-refractivity contribution in [2.24, 2.45) is 16.8 Å². The van der Waals surface area contributed by atoms with Crippen LogP contribution in [0.5, 0.6) is 5.75 Å². The van der Waals surface area contributed by atoms with Crippen LogP contribution in [0.4, 0.5) is 0 Å². The van der Waals surface area contributed by atoms with Gasteiger partial charge in [-0.15, -0.1) is 24.0 Å². The summed E-state index contributed by atoms with van der Waals surface area (Å²) >= 11 is 0. The molecule has 3 atom stereocenters. The highest BCUT2D eigenvalue weighted by atomic mass is 127. The van der Waals surface area contributed by atoms with Gasteiger partial charge in [-0.1, -0.05) is 26.0 Å². The zero-order valence-electron chi connectivity index (χ0n) is 18.4. The minimum absolute atomic E-state index is 0. The Kier molecular flexibility index (Phi) is 11.2. The van der Waals surface area contributed by atoms with E-state index in [1.807, 2.05) is 0 Å². The highest BCUT2D eigenvalue weighted by Gasteiger charge is 2.30. The van der Waals surface area contributed by atoms with Gasteiger partial charge in [0.2, 0.25) is 0 Å². The molecule has 0 amide bonds. The first kappa shape index (κ1) is 25.0. The molecule has 5 nitrogen and oxygen atoms in total. The molecule has 0 aromatic heterocycles. The molecule has 1 aliphatic heterocycles. The van der Waals surface area contributed by atoms with Crippen LogP contribution >= 0.6 is 24.0 Å². The molecule has 1 saturated heterocycles. The number of hydrogen-bond donors (Lipinski definition) is 2. The molecule has 0 bridgehead atoms. The van der Waals surface area contributed by atoms with E-state index in [0.29, 0.717) is 23.9 Å². The lowest BCUT2D eigenvalue weighted by molar-refractivity contribution is 0.125. The molecule has 1 aliphatic rings. The second-order valence-corrected chi connectivity index (χ2v) is 8.00. The minimum Gasteiger partial charge on any atom is -0.497 e. The first-order valence-corrected chi connectivity index (χ1v) is 10.3. The molecule has 1 aromatic rings. The first-order valence-electron chi connectivity index (χ1n) is 10.3. The second-order valence-electron chi connectivity index (χ2n) is 8.00. The monoisotopic (exact) mass is 502 g/mol. The van der Waals surface area contributed by atoms with E-state index >= 15 is 0 Å². The van der Waals surface area contributed by atoms with Crippen molar-refractivity contribution in [2.45, 2.75) is 52.6 Å². The number of nitrogens with zero attached hydrogens (tertiary/aromatic N) is 2. The number of ether oxygens (including phenoxy) is 1. The molecule has 0 radical (unpaired) electrons. The van der Waals surface area contributed by atoms with E-state index in [-0.39, 0.29) is 24.0 Å². The average molecular weight is 502 g/mol. The molecule has 1 aromatic carbocycles.